The van der Waals surface area contributed by atoms with Gasteiger partial charge in [0.05, 0.1) is 26.4 Å². The third-order valence-electron chi connectivity index (χ3n) is 16.7. The zero-order valence-corrected chi connectivity index (χ0v) is 69.0. The summed E-state index contributed by atoms with van der Waals surface area (Å²) < 4.78 is 68.7. The molecule has 0 rings (SSSR count). The van der Waals surface area contributed by atoms with E-state index in [1.165, 1.54) is 12.8 Å². The molecule has 0 saturated heterocycles. The number of rotatable bonds is 76. The molecule has 5 unspecified atom stereocenters. The monoisotopic (exact) mass is 1550 g/mol. The van der Waals surface area contributed by atoms with E-state index in [9.17, 15) is 43.2 Å². The molecule has 0 aliphatic carbocycles. The highest BCUT2D eigenvalue weighted by Crippen LogP contribution is 2.45. The fourth-order valence-corrected chi connectivity index (χ4v) is 12.0. The number of phosphoric ester groups is 2. The van der Waals surface area contributed by atoms with Gasteiger partial charge in [-0.1, -0.05) is 288 Å². The zero-order valence-electron chi connectivity index (χ0n) is 67.2. The first kappa shape index (κ1) is 102. The van der Waals surface area contributed by atoms with Crippen LogP contribution in [0, 0.1) is 0 Å². The summed E-state index contributed by atoms with van der Waals surface area (Å²) in [6, 6.07) is 0. The van der Waals surface area contributed by atoms with Crippen molar-refractivity contribution in [3.63, 3.8) is 0 Å². The number of aliphatic hydroxyl groups excluding tert-OH is 1. The number of phosphoric acid groups is 2. The normalized spacial score (nSPS) is 14.7. The maximum atomic E-state index is 13.1. The summed E-state index contributed by atoms with van der Waals surface area (Å²) in [6.45, 7) is 4.42. The molecule has 0 radical (unpaired) electrons. The molecule has 5 atom stereocenters. The number of hydrogen-bond acceptors (Lipinski definition) is 15. The van der Waals surface area contributed by atoms with Gasteiger partial charge in [-0.3, -0.25) is 37.3 Å². The standard InChI is InChI=1S/C89H146O17P2/c1-5-9-13-17-21-25-29-32-35-38-41-44-47-50-54-57-61-65-69-73-86(91)99-79-84(105-88(93)75-71-67-63-59-53-28-24-20-16-12-8-4)81-103-107(95,96)101-77-83(90)78-102-108(97,98)104-82-85(106-89(94)76-72-68-64-60-56-52-49-46-43-40-37-34-31-27-23-19-15-11-7-3)80-100-87(92)74-70-66-62-58-55-51-48-45-42-39-36-33-30-26-22-18-14-10-6-2/h9-11,13-15,20-27,32-37,41-46,51,55,83-85,90H,5-8,12,16-19,28-31,38-40,47-50,52-54,56-82H2,1-4H3,(H,95,96)(H,97,98)/b13-9-,14-10-,15-11-,24-20-,25-21-,26-22-,27-23-,35-32-,36-33-,37-34-,44-41-,45-42-,46-43-,55-51-. The van der Waals surface area contributed by atoms with Crippen LogP contribution in [-0.2, 0) is 65.4 Å². The van der Waals surface area contributed by atoms with E-state index in [1.807, 2.05) is 0 Å². The zero-order chi connectivity index (χ0) is 78.9. The molecule has 3 N–H and O–H groups in total. The van der Waals surface area contributed by atoms with Gasteiger partial charge >= 0.3 is 39.5 Å². The van der Waals surface area contributed by atoms with Crippen molar-refractivity contribution < 1.29 is 80.2 Å². The lowest BCUT2D eigenvalue weighted by Crippen LogP contribution is -2.30. The van der Waals surface area contributed by atoms with Crippen LogP contribution in [0.5, 0.6) is 0 Å². The molecule has 0 aromatic carbocycles. The van der Waals surface area contributed by atoms with Crippen LogP contribution in [0.1, 0.15) is 310 Å². The van der Waals surface area contributed by atoms with Crippen molar-refractivity contribution in [1.29, 1.82) is 0 Å². The summed E-state index contributed by atoms with van der Waals surface area (Å²) in [5.74, 6) is -2.26. The molecule has 0 saturated carbocycles. The van der Waals surface area contributed by atoms with Gasteiger partial charge in [0, 0.05) is 25.7 Å². The lowest BCUT2D eigenvalue weighted by atomic mass is 10.1. The molecule has 0 fully saturated rings. The van der Waals surface area contributed by atoms with E-state index in [1.54, 1.807) is 0 Å². The van der Waals surface area contributed by atoms with E-state index >= 15 is 0 Å². The Hall–Kier alpha value is -5.58. The maximum Gasteiger partial charge on any atom is 0.472 e. The number of allylic oxidation sites excluding steroid dienone is 28. The molecular weight excluding hydrogens is 1400 g/mol. The first-order valence-electron chi connectivity index (χ1n) is 41.4. The highest BCUT2D eigenvalue weighted by atomic mass is 31.2. The van der Waals surface area contributed by atoms with E-state index in [-0.39, 0.29) is 25.7 Å². The Kier molecular flexibility index (Phi) is 75.4. The van der Waals surface area contributed by atoms with Gasteiger partial charge in [0.15, 0.2) is 12.2 Å². The molecule has 0 aromatic heterocycles. The minimum Gasteiger partial charge on any atom is -0.462 e. The van der Waals surface area contributed by atoms with Gasteiger partial charge in [0.25, 0.3) is 0 Å². The number of carbonyl (C=O) groups excluding carboxylic acids is 4. The number of unbranched alkanes of at least 4 members (excludes halogenated alkanes) is 22. The molecule has 0 aliphatic rings. The Labute approximate surface area is 654 Å². The van der Waals surface area contributed by atoms with Crippen LogP contribution in [0.25, 0.3) is 0 Å². The predicted octanol–water partition coefficient (Wildman–Crippen LogP) is 24.6. The second kappa shape index (κ2) is 79.5. The summed E-state index contributed by atoms with van der Waals surface area (Å²) in [7, 11) is -9.99. The molecule has 0 heterocycles. The summed E-state index contributed by atoms with van der Waals surface area (Å²) in [5, 5.41) is 10.7. The lowest BCUT2D eigenvalue weighted by molar-refractivity contribution is -0.161. The molecule has 614 valence electrons. The maximum absolute atomic E-state index is 13.1. The van der Waals surface area contributed by atoms with Gasteiger partial charge in [0.1, 0.15) is 19.3 Å². The third kappa shape index (κ3) is 78.5. The second-order valence-electron chi connectivity index (χ2n) is 26.9. The first-order valence-corrected chi connectivity index (χ1v) is 44.4. The molecule has 0 bridgehead atoms. The van der Waals surface area contributed by atoms with E-state index in [2.05, 4.69) is 198 Å². The van der Waals surface area contributed by atoms with Gasteiger partial charge in [-0.2, -0.15) is 0 Å². The Morgan fingerprint density at radius 3 is 0.759 bits per heavy atom. The molecule has 0 spiro atoms. The van der Waals surface area contributed by atoms with Crippen molar-refractivity contribution in [3.05, 3.63) is 170 Å². The fraction of sp³-hybridized carbons (Fsp3) is 0.640. The van der Waals surface area contributed by atoms with Crippen LogP contribution < -0.4 is 0 Å². The Balaban J connectivity index is 5.41. The highest BCUT2D eigenvalue weighted by Gasteiger charge is 2.30. The lowest BCUT2D eigenvalue weighted by Gasteiger charge is -2.21. The smallest absolute Gasteiger partial charge is 0.462 e. The van der Waals surface area contributed by atoms with E-state index < -0.39 is 97.5 Å². The van der Waals surface area contributed by atoms with Crippen LogP contribution in [0.15, 0.2) is 170 Å². The van der Waals surface area contributed by atoms with Crippen molar-refractivity contribution in [2.75, 3.05) is 39.6 Å². The molecule has 0 aliphatic heterocycles. The molecule has 0 amide bonds. The van der Waals surface area contributed by atoms with Crippen LogP contribution in [0.4, 0.5) is 0 Å². The van der Waals surface area contributed by atoms with Crippen molar-refractivity contribution in [2.24, 2.45) is 0 Å². The third-order valence-corrected chi connectivity index (χ3v) is 18.6. The highest BCUT2D eigenvalue weighted by molar-refractivity contribution is 7.47. The first-order chi connectivity index (χ1) is 52.7. The van der Waals surface area contributed by atoms with E-state index in [4.69, 9.17) is 37.0 Å². The molecule has 0 aromatic rings. The molecule has 108 heavy (non-hydrogen) atoms. The average Bonchev–Trinajstić information content (AvgIpc) is 0.917. The summed E-state index contributed by atoms with van der Waals surface area (Å²) >= 11 is 0. The number of ether oxygens (including phenoxy) is 4. The Morgan fingerprint density at radius 1 is 0.269 bits per heavy atom. The Morgan fingerprint density at radius 2 is 0.481 bits per heavy atom. The minimum atomic E-state index is -5.00. The number of hydrogen-bond donors (Lipinski definition) is 3. The van der Waals surface area contributed by atoms with Crippen LogP contribution in [0.2, 0.25) is 0 Å². The van der Waals surface area contributed by atoms with Crippen molar-refractivity contribution in [2.45, 2.75) is 329 Å². The summed E-state index contributed by atoms with van der Waals surface area (Å²) in [5.41, 5.74) is 0. The predicted molar refractivity (Wildman–Crippen MR) is 445 cm³/mol. The van der Waals surface area contributed by atoms with Crippen molar-refractivity contribution in [3.8, 4) is 0 Å². The largest absolute Gasteiger partial charge is 0.472 e. The van der Waals surface area contributed by atoms with Crippen LogP contribution in [-0.4, -0.2) is 96.7 Å². The molecular formula is C89H146O17P2. The topological polar surface area (TPSA) is 237 Å². The molecule has 19 heteroatoms. The average molecular weight is 1550 g/mol. The van der Waals surface area contributed by atoms with Crippen LogP contribution in [0.3, 0.4) is 0 Å². The van der Waals surface area contributed by atoms with Gasteiger partial charge in [-0.05, 0) is 167 Å². The van der Waals surface area contributed by atoms with E-state index in [0.29, 0.717) is 25.7 Å². The van der Waals surface area contributed by atoms with E-state index in [0.717, 1.165) is 218 Å². The van der Waals surface area contributed by atoms with Gasteiger partial charge in [0.2, 0.25) is 0 Å². The Bertz CT molecular complexity index is 2710. The van der Waals surface area contributed by atoms with Crippen LogP contribution >= 0.6 is 15.6 Å². The SMILES string of the molecule is CC/C=C\C/C=C\C/C=C\C/C=C\C/C=C\CCCCCC(=O)OCC(COP(=O)(O)OCC(O)COP(=O)(O)OCC(COC(=O)CCCCCCCC/C=C\C/C=C\C/C=C\C/C=C\CC)OC(=O)CCCCCCC/C=C\CCCC)OC(=O)CCCCCCCC/C=C\C/C=C\C/C=C\C/C=C\CC. The summed E-state index contributed by atoms with van der Waals surface area (Å²) in [4.78, 5) is 73.1. The van der Waals surface area contributed by atoms with Crippen molar-refractivity contribution >= 4 is 39.5 Å². The molecule has 17 nitrogen and oxygen atoms in total. The minimum absolute atomic E-state index is 0.0648. The van der Waals surface area contributed by atoms with Gasteiger partial charge in [-0.25, -0.2) is 9.13 Å². The second-order valence-corrected chi connectivity index (χ2v) is 29.8. The van der Waals surface area contributed by atoms with Gasteiger partial charge < -0.3 is 33.8 Å². The van der Waals surface area contributed by atoms with Crippen molar-refractivity contribution in [1.82, 2.24) is 0 Å². The summed E-state index contributed by atoms with van der Waals surface area (Å²) in [6.07, 6.45) is 94.7. The van der Waals surface area contributed by atoms with Gasteiger partial charge in [-0.15, -0.1) is 0 Å². The number of esters is 4. The quantitative estimate of drug-likeness (QED) is 0.0169. The number of aliphatic hydroxyl groups is 1. The number of carbonyl (C=O) groups is 4. The fourth-order valence-electron chi connectivity index (χ4n) is 10.4.